The molecular formula is C20H23N3O5S. The number of primary amides is 1. The van der Waals surface area contributed by atoms with Gasteiger partial charge >= 0.3 is 0 Å². The zero-order valence-electron chi connectivity index (χ0n) is 15.8. The van der Waals surface area contributed by atoms with Crippen molar-refractivity contribution in [3.05, 3.63) is 53.3 Å². The lowest BCUT2D eigenvalue weighted by Gasteiger charge is -2.35. The number of phenols is 1. The predicted octanol–water partition coefficient (Wildman–Crippen LogP) is 1.06. The van der Waals surface area contributed by atoms with Gasteiger partial charge in [0.15, 0.2) is 0 Å². The van der Waals surface area contributed by atoms with E-state index in [1.54, 1.807) is 47.1 Å². The number of aromatic hydroxyl groups is 1. The van der Waals surface area contributed by atoms with E-state index in [1.807, 2.05) is 0 Å². The molecule has 1 fully saturated rings. The summed E-state index contributed by atoms with van der Waals surface area (Å²) in [5, 5.41) is 19.1. The number of thioether (sulfide) groups is 1. The Balaban J connectivity index is 1.78. The van der Waals surface area contributed by atoms with Gasteiger partial charge in [-0.1, -0.05) is 6.07 Å². The molecule has 0 saturated carbocycles. The number of aliphatic hydroxyl groups is 1. The third kappa shape index (κ3) is 4.80. The van der Waals surface area contributed by atoms with Gasteiger partial charge in [0, 0.05) is 37.3 Å². The molecule has 1 aromatic carbocycles. The molecule has 0 aliphatic carbocycles. The van der Waals surface area contributed by atoms with Crippen molar-refractivity contribution in [2.75, 3.05) is 31.3 Å². The first kappa shape index (κ1) is 20.9. The quantitative estimate of drug-likeness (QED) is 0.615. The van der Waals surface area contributed by atoms with E-state index >= 15 is 0 Å². The second-order valence-electron chi connectivity index (χ2n) is 6.52. The predicted molar refractivity (Wildman–Crippen MR) is 109 cm³/mol. The molecule has 2 amide bonds. The molecule has 0 radical (unpaired) electrons. The molecule has 2 heterocycles. The lowest BCUT2D eigenvalue weighted by molar-refractivity contribution is 0.0644. The van der Waals surface area contributed by atoms with E-state index < -0.39 is 5.91 Å². The van der Waals surface area contributed by atoms with Crippen molar-refractivity contribution in [2.24, 2.45) is 5.73 Å². The lowest BCUT2D eigenvalue weighted by atomic mass is 10.1. The molecule has 0 spiro atoms. The van der Waals surface area contributed by atoms with Gasteiger partial charge in [-0.3, -0.25) is 14.6 Å². The largest absolute Gasteiger partial charge is 0.507 e. The van der Waals surface area contributed by atoms with E-state index in [4.69, 9.17) is 10.5 Å². The molecule has 154 valence electrons. The summed E-state index contributed by atoms with van der Waals surface area (Å²) in [6.07, 6.45) is 1.90. The van der Waals surface area contributed by atoms with E-state index in [0.717, 1.165) is 5.75 Å². The van der Waals surface area contributed by atoms with Gasteiger partial charge in [-0.05, 0) is 24.3 Å². The van der Waals surface area contributed by atoms with Crippen LogP contribution in [0.3, 0.4) is 0 Å². The van der Waals surface area contributed by atoms with Crippen LogP contribution in [0.5, 0.6) is 11.5 Å². The number of hydrogen-bond acceptors (Lipinski definition) is 7. The molecular weight excluding hydrogens is 394 g/mol. The number of pyridine rings is 1. The van der Waals surface area contributed by atoms with Crippen LogP contribution in [0, 0.1) is 0 Å². The fourth-order valence-corrected chi connectivity index (χ4v) is 4.27. The van der Waals surface area contributed by atoms with E-state index in [0.29, 0.717) is 30.0 Å². The number of carbonyl (C=O) groups excluding carboxylic acids is 2. The number of rotatable bonds is 7. The average molecular weight is 417 g/mol. The van der Waals surface area contributed by atoms with Crippen LogP contribution in [0.1, 0.15) is 26.4 Å². The fourth-order valence-electron chi connectivity index (χ4n) is 3.23. The second kappa shape index (κ2) is 9.62. The molecule has 1 atom stereocenters. The van der Waals surface area contributed by atoms with Crippen LogP contribution in [0.25, 0.3) is 0 Å². The summed E-state index contributed by atoms with van der Waals surface area (Å²) in [6.45, 7) is 0.610. The van der Waals surface area contributed by atoms with Gasteiger partial charge in [-0.15, -0.1) is 0 Å². The van der Waals surface area contributed by atoms with Crippen LogP contribution in [0.2, 0.25) is 0 Å². The van der Waals surface area contributed by atoms with Gasteiger partial charge in [-0.25, -0.2) is 0 Å². The minimum atomic E-state index is -0.784. The Kier molecular flexibility index (Phi) is 6.95. The van der Waals surface area contributed by atoms with Crippen LogP contribution < -0.4 is 10.5 Å². The summed E-state index contributed by atoms with van der Waals surface area (Å²) in [6, 6.07) is 7.66. The first-order valence-electron chi connectivity index (χ1n) is 9.21. The highest BCUT2D eigenvalue weighted by atomic mass is 32.2. The first-order valence-corrected chi connectivity index (χ1v) is 10.4. The second-order valence-corrected chi connectivity index (χ2v) is 7.67. The van der Waals surface area contributed by atoms with Crippen LogP contribution in [-0.2, 0) is 6.42 Å². The zero-order chi connectivity index (χ0) is 20.8. The maximum atomic E-state index is 13.2. The van der Waals surface area contributed by atoms with E-state index in [-0.39, 0.29) is 42.2 Å². The smallest absolute Gasteiger partial charge is 0.256 e. The molecule has 4 N–H and O–H groups in total. The third-order valence-electron chi connectivity index (χ3n) is 4.64. The Labute approximate surface area is 172 Å². The molecule has 1 aliphatic rings. The molecule has 1 aromatic heterocycles. The Morgan fingerprint density at radius 1 is 1.31 bits per heavy atom. The van der Waals surface area contributed by atoms with Crippen LogP contribution in [0.15, 0.2) is 36.5 Å². The molecule has 9 heteroatoms. The normalized spacial score (nSPS) is 16.4. The van der Waals surface area contributed by atoms with Gasteiger partial charge in [0.05, 0.1) is 17.3 Å². The number of carbonyl (C=O) groups is 2. The van der Waals surface area contributed by atoms with Gasteiger partial charge < -0.3 is 25.6 Å². The number of nitrogens with two attached hydrogens (primary N) is 1. The Bertz CT molecular complexity index is 892. The molecule has 1 aliphatic heterocycles. The molecule has 0 bridgehead atoms. The first-order chi connectivity index (χ1) is 14.0. The molecule has 3 rings (SSSR count). The molecule has 8 nitrogen and oxygen atoms in total. The monoisotopic (exact) mass is 417 g/mol. The van der Waals surface area contributed by atoms with Gasteiger partial charge in [0.1, 0.15) is 23.7 Å². The maximum Gasteiger partial charge on any atom is 0.256 e. The summed E-state index contributed by atoms with van der Waals surface area (Å²) in [5.41, 5.74) is 6.29. The number of benzene rings is 1. The number of aliphatic hydroxyl groups excluding tert-OH is 1. The van der Waals surface area contributed by atoms with Gasteiger partial charge in [0.25, 0.3) is 11.8 Å². The minimum Gasteiger partial charge on any atom is -0.507 e. The number of hydrogen-bond donors (Lipinski definition) is 3. The number of amides is 2. The van der Waals surface area contributed by atoms with E-state index in [9.17, 15) is 19.8 Å². The van der Waals surface area contributed by atoms with Crippen molar-refractivity contribution in [3.63, 3.8) is 0 Å². The molecule has 2 aromatic rings. The number of nitrogens with zero attached hydrogens (tertiary/aromatic N) is 2. The van der Waals surface area contributed by atoms with Crippen molar-refractivity contribution in [1.29, 1.82) is 0 Å². The van der Waals surface area contributed by atoms with Crippen molar-refractivity contribution < 1.29 is 24.5 Å². The van der Waals surface area contributed by atoms with E-state index in [1.165, 1.54) is 6.07 Å². The van der Waals surface area contributed by atoms with Crippen LogP contribution >= 0.6 is 11.8 Å². The van der Waals surface area contributed by atoms with Gasteiger partial charge in [0.2, 0.25) is 0 Å². The number of ether oxygens (including phenoxy) is 1. The van der Waals surface area contributed by atoms with Crippen molar-refractivity contribution >= 4 is 23.6 Å². The third-order valence-corrected chi connectivity index (χ3v) is 5.73. The molecule has 1 unspecified atom stereocenters. The summed E-state index contributed by atoms with van der Waals surface area (Å²) >= 11 is 1.71. The van der Waals surface area contributed by atoms with Crippen molar-refractivity contribution in [1.82, 2.24) is 9.88 Å². The highest BCUT2D eigenvalue weighted by molar-refractivity contribution is 7.99. The van der Waals surface area contributed by atoms with E-state index in [2.05, 4.69) is 4.98 Å². The summed E-state index contributed by atoms with van der Waals surface area (Å²) < 4.78 is 5.79. The standard InChI is InChI=1S/C20H23N3O5S/c21-19(26)18-16(25)4-1-5-17(18)28-11-13-12-29-10-8-23(13)20(27)14-3-2-7-22-15(14)6-9-24/h1-5,7,13,24-25H,6,8-12H2,(H2,21,26). The Hall–Kier alpha value is -2.78. The zero-order valence-corrected chi connectivity index (χ0v) is 16.6. The van der Waals surface area contributed by atoms with Crippen molar-refractivity contribution in [2.45, 2.75) is 12.5 Å². The minimum absolute atomic E-state index is 0.0775. The Morgan fingerprint density at radius 2 is 2.14 bits per heavy atom. The summed E-state index contributed by atoms with van der Waals surface area (Å²) in [5.74, 6) is 0.463. The Morgan fingerprint density at radius 3 is 2.90 bits per heavy atom. The molecule has 1 saturated heterocycles. The van der Waals surface area contributed by atoms with Gasteiger partial charge in [-0.2, -0.15) is 11.8 Å². The van der Waals surface area contributed by atoms with Crippen LogP contribution in [0.4, 0.5) is 0 Å². The molecule has 29 heavy (non-hydrogen) atoms. The number of aromatic nitrogens is 1. The van der Waals surface area contributed by atoms with Crippen molar-refractivity contribution in [3.8, 4) is 11.5 Å². The SMILES string of the molecule is NC(=O)c1c(O)cccc1OCC1CSCCN1C(=O)c1cccnc1CCO. The summed E-state index contributed by atoms with van der Waals surface area (Å²) in [4.78, 5) is 30.8. The van der Waals surface area contributed by atoms with Crippen LogP contribution in [-0.4, -0.2) is 69.2 Å². The lowest BCUT2D eigenvalue weighted by Crippen LogP contribution is -2.49. The highest BCUT2D eigenvalue weighted by Gasteiger charge is 2.30. The maximum absolute atomic E-state index is 13.2. The average Bonchev–Trinajstić information content (AvgIpc) is 2.72. The topological polar surface area (TPSA) is 126 Å². The fraction of sp³-hybridized carbons (Fsp3) is 0.350. The summed E-state index contributed by atoms with van der Waals surface area (Å²) in [7, 11) is 0. The highest BCUT2D eigenvalue weighted by Crippen LogP contribution is 2.28.